The van der Waals surface area contributed by atoms with E-state index in [2.05, 4.69) is 33.6 Å². The van der Waals surface area contributed by atoms with E-state index in [1.807, 2.05) is 27.0 Å². The average molecular weight is 348 g/mol. The Morgan fingerprint density at radius 3 is 2.77 bits per heavy atom. The minimum Gasteiger partial charge on any atom is -0.345 e. The number of benzene rings is 1. The van der Waals surface area contributed by atoms with Crippen LogP contribution in [0.5, 0.6) is 0 Å². The molecule has 1 unspecified atom stereocenters. The molecular formula is C21H24N4O. The zero-order valence-electron chi connectivity index (χ0n) is 15.5. The summed E-state index contributed by atoms with van der Waals surface area (Å²) >= 11 is 0. The average Bonchev–Trinajstić information content (AvgIpc) is 2.94. The predicted molar refractivity (Wildman–Crippen MR) is 102 cm³/mol. The maximum absolute atomic E-state index is 12.7. The van der Waals surface area contributed by atoms with Crippen molar-refractivity contribution in [3.8, 4) is 0 Å². The van der Waals surface area contributed by atoms with Crippen molar-refractivity contribution >= 4 is 16.9 Å². The van der Waals surface area contributed by atoms with Crippen LogP contribution in [0.15, 0.2) is 30.5 Å². The topological polar surface area (TPSA) is 59.8 Å². The van der Waals surface area contributed by atoms with E-state index >= 15 is 0 Å². The number of fused-ring (bicyclic) bond motifs is 2. The first-order valence-corrected chi connectivity index (χ1v) is 9.25. The van der Waals surface area contributed by atoms with Crippen LogP contribution in [-0.2, 0) is 19.9 Å². The molecule has 2 heterocycles. The maximum Gasteiger partial charge on any atom is 0.253 e. The number of carbonyl (C=O) groups is 1. The molecule has 1 aliphatic rings. The highest BCUT2D eigenvalue weighted by Crippen LogP contribution is 2.25. The molecule has 134 valence electrons. The first-order valence-electron chi connectivity index (χ1n) is 9.25. The quantitative estimate of drug-likeness (QED) is 0.786. The van der Waals surface area contributed by atoms with Crippen LogP contribution >= 0.6 is 0 Å². The summed E-state index contributed by atoms with van der Waals surface area (Å²) in [6, 6.07) is 8.45. The molecule has 1 aromatic carbocycles. The lowest BCUT2D eigenvalue weighted by Crippen LogP contribution is -2.27. The number of aryl methyl sites for hydroxylation is 4. The van der Waals surface area contributed by atoms with Gasteiger partial charge in [-0.15, -0.1) is 0 Å². The van der Waals surface area contributed by atoms with E-state index in [9.17, 15) is 4.79 Å². The fourth-order valence-electron chi connectivity index (χ4n) is 3.82. The summed E-state index contributed by atoms with van der Waals surface area (Å²) in [5.74, 6) is -0.104. The van der Waals surface area contributed by atoms with E-state index in [4.69, 9.17) is 0 Å². The normalized spacial score (nSPS) is 14.9. The van der Waals surface area contributed by atoms with Gasteiger partial charge in [-0.25, -0.2) is 4.98 Å². The number of pyridine rings is 1. The zero-order valence-corrected chi connectivity index (χ0v) is 15.5. The van der Waals surface area contributed by atoms with Crippen LogP contribution in [0.1, 0.15) is 58.5 Å². The van der Waals surface area contributed by atoms with E-state index in [0.29, 0.717) is 5.56 Å². The first kappa shape index (κ1) is 16.8. The third kappa shape index (κ3) is 2.98. The standard InChI is InChI=1S/C21H24N4O/c1-13(16-9-8-15-6-4-5-7-17(15)10-16)23-21(26)18-11-19-14(2)24-25(3)20(19)22-12-18/h8-13H,4-7H2,1-3H3,(H,23,26). The second-order valence-electron chi connectivity index (χ2n) is 7.23. The van der Waals surface area contributed by atoms with Gasteiger partial charge in [0, 0.05) is 18.6 Å². The van der Waals surface area contributed by atoms with Crippen molar-refractivity contribution in [2.75, 3.05) is 0 Å². The molecule has 0 radical (unpaired) electrons. The van der Waals surface area contributed by atoms with Crippen molar-refractivity contribution in [3.63, 3.8) is 0 Å². The van der Waals surface area contributed by atoms with Gasteiger partial charge in [-0.3, -0.25) is 9.48 Å². The molecule has 5 heteroatoms. The third-order valence-corrected chi connectivity index (χ3v) is 5.35. The van der Waals surface area contributed by atoms with Crippen molar-refractivity contribution in [2.24, 2.45) is 7.05 Å². The minimum absolute atomic E-state index is 0.0413. The van der Waals surface area contributed by atoms with Gasteiger partial charge >= 0.3 is 0 Å². The van der Waals surface area contributed by atoms with Crippen LogP contribution < -0.4 is 5.32 Å². The van der Waals surface area contributed by atoms with Gasteiger partial charge in [0.1, 0.15) is 0 Å². The summed E-state index contributed by atoms with van der Waals surface area (Å²) in [7, 11) is 1.86. The summed E-state index contributed by atoms with van der Waals surface area (Å²) in [6.45, 7) is 3.96. The summed E-state index contributed by atoms with van der Waals surface area (Å²) in [6.07, 6.45) is 6.48. The third-order valence-electron chi connectivity index (χ3n) is 5.35. The molecule has 26 heavy (non-hydrogen) atoms. The molecule has 5 nitrogen and oxygen atoms in total. The molecule has 1 atom stereocenters. The first-order chi connectivity index (χ1) is 12.5. The molecule has 2 aromatic heterocycles. The van der Waals surface area contributed by atoms with Crippen molar-refractivity contribution in [1.82, 2.24) is 20.1 Å². The monoisotopic (exact) mass is 348 g/mol. The van der Waals surface area contributed by atoms with Crippen LogP contribution in [-0.4, -0.2) is 20.7 Å². The predicted octanol–water partition coefficient (Wildman–Crippen LogP) is 3.65. The van der Waals surface area contributed by atoms with E-state index in [1.165, 1.54) is 30.4 Å². The highest BCUT2D eigenvalue weighted by atomic mass is 16.1. The summed E-state index contributed by atoms with van der Waals surface area (Å²) < 4.78 is 1.74. The largest absolute Gasteiger partial charge is 0.345 e. The Balaban J connectivity index is 1.55. The van der Waals surface area contributed by atoms with Crippen LogP contribution in [0.4, 0.5) is 0 Å². The lowest BCUT2D eigenvalue weighted by Gasteiger charge is -2.20. The molecule has 1 aliphatic carbocycles. The molecule has 0 saturated heterocycles. The Bertz CT molecular complexity index is 989. The molecule has 0 saturated carbocycles. The number of nitrogens with one attached hydrogen (secondary N) is 1. The molecule has 0 bridgehead atoms. The second kappa shape index (κ2) is 6.56. The lowest BCUT2D eigenvalue weighted by molar-refractivity contribution is 0.0939. The Kier molecular flexibility index (Phi) is 4.23. The van der Waals surface area contributed by atoms with Crippen LogP contribution in [0.25, 0.3) is 11.0 Å². The maximum atomic E-state index is 12.7. The highest BCUT2D eigenvalue weighted by molar-refractivity contribution is 5.97. The van der Waals surface area contributed by atoms with E-state index < -0.39 is 0 Å². The highest BCUT2D eigenvalue weighted by Gasteiger charge is 2.16. The molecular weight excluding hydrogens is 324 g/mol. The summed E-state index contributed by atoms with van der Waals surface area (Å²) in [5, 5.41) is 8.38. The molecule has 4 rings (SSSR count). The van der Waals surface area contributed by atoms with Crippen molar-refractivity contribution in [3.05, 3.63) is 58.4 Å². The number of hydrogen-bond donors (Lipinski definition) is 1. The van der Waals surface area contributed by atoms with Crippen LogP contribution in [0.3, 0.4) is 0 Å². The fraction of sp³-hybridized carbons (Fsp3) is 0.381. The van der Waals surface area contributed by atoms with Gasteiger partial charge < -0.3 is 5.32 Å². The van der Waals surface area contributed by atoms with Gasteiger partial charge in [-0.05, 0) is 62.3 Å². The van der Waals surface area contributed by atoms with Crippen molar-refractivity contribution < 1.29 is 4.79 Å². The Hall–Kier alpha value is -2.69. The van der Waals surface area contributed by atoms with E-state index in [-0.39, 0.29) is 11.9 Å². The number of nitrogens with zero attached hydrogens (tertiary/aromatic N) is 3. The number of carbonyl (C=O) groups excluding carboxylic acids is 1. The second-order valence-corrected chi connectivity index (χ2v) is 7.23. The van der Waals surface area contributed by atoms with Crippen molar-refractivity contribution in [2.45, 2.75) is 45.6 Å². The molecule has 0 spiro atoms. The lowest BCUT2D eigenvalue weighted by atomic mass is 9.89. The fourth-order valence-corrected chi connectivity index (χ4v) is 3.82. The zero-order chi connectivity index (χ0) is 18.3. The smallest absolute Gasteiger partial charge is 0.253 e. The SMILES string of the molecule is Cc1nn(C)c2ncc(C(=O)NC(C)c3ccc4c(c3)CCCC4)cc12. The van der Waals surface area contributed by atoms with Gasteiger partial charge in [0.25, 0.3) is 5.91 Å². The molecule has 0 aliphatic heterocycles. The van der Waals surface area contributed by atoms with Gasteiger partial charge in [0.2, 0.25) is 0 Å². The number of amides is 1. The van der Waals surface area contributed by atoms with E-state index in [1.54, 1.807) is 10.9 Å². The Labute approximate surface area is 153 Å². The van der Waals surface area contributed by atoms with Gasteiger partial charge in [-0.2, -0.15) is 5.10 Å². The Morgan fingerprint density at radius 2 is 1.96 bits per heavy atom. The number of rotatable bonds is 3. The number of hydrogen-bond acceptors (Lipinski definition) is 3. The van der Waals surface area contributed by atoms with Crippen LogP contribution in [0.2, 0.25) is 0 Å². The van der Waals surface area contributed by atoms with E-state index in [0.717, 1.165) is 28.7 Å². The van der Waals surface area contributed by atoms with Gasteiger partial charge in [-0.1, -0.05) is 18.2 Å². The minimum atomic E-state index is -0.104. The van der Waals surface area contributed by atoms with Crippen LogP contribution in [0, 0.1) is 6.92 Å². The summed E-state index contributed by atoms with van der Waals surface area (Å²) in [4.78, 5) is 17.1. The van der Waals surface area contributed by atoms with Gasteiger partial charge in [0.05, 0.1) is 17.3 Å². The van der Waals surface area contributed by atoms with Gasteiger partial charge in [0.15, 0.2) is 5.65 Å². The van der Waals surface area contributed by atoms with Crippen molar-refractivity contribution in [1.29, 1.82) is 0 Å². The Morgan fingerprint density at radius 1 is 1.19 bits per heavy atom. The molecule has 3 aromatic rings. The molecule has 0 fully saturated rings. The number of aromatic nitrogens is 3. The molecule has 1 amide bonds. The summed E-state index contributed by atoms with van der Waals surface area (Å²) in [5.41, 5.74) is 6.29. The molecule has 1 N–H and O–H groups in total.